The molecule has 0 bridgehead atoms. The molecule has 0 aromatic rings. The Morgan fingerprint density at radius 2 is 2.00 bits per heavy atom. The first-order valence-corrected chi connectivity index (χ1v) is 7.84. The van der Waals surface area contributed by atoms with Crippen molar-refractivity contribution in [1.29, 1.82) is 0 Å². The maximum Gasteiger partial charge on any atom is 0.317 e. The van der Waals surface area contributed by atoms with Gasteiger partial charge in [0, 0.05) is 26.7 Å². The average Bonchev–Trinajstić information content (AvgIpc) is 2.47. The average molecular weight is 300 g/mol. The molecule has 1 rings (SSSR count). The molecule has 0 saturated heterocycles. The van der Waals surface area contributed by atoms with Crippen LogP contribution in [0.25, 0.3) is 0 Å². The van der Waals surface area contributed by atoms with Crippen molar-refractivity contribution in [2.45, 2.75) is 51.6 Å². The number of carbonyl (C=O) groups excluding carboxylic acids is 1. The molecule has 2 N–H and O–H groups in total. The van der Waals surface area contributed by atoms with Gasteiger partial charge in [0.05, 0.1) is 12.0 Å². The number of urea groups is 1. The summed E-state index contributed by atoms with van der Waals surface area (Å²) in [7, 11) is 1.60. The molecule has 0 spiro atoms. The van der Waals surface area contributed by atoms with E-state index in [9.17, 15) is 9.59 Å². The Balaban J connectivity index is 2.05. The van der Waals surface area contributed by atoms with Crippen molar-refractivity contribution in [2.75, 3.05) is 26.7 Å². The summed E-state index contributed by atoms with van der Waals surface area (Å²) in [5.74, 6) is -1.45. The van der Waals surface area contributed by atoms with Crippen LogP contribution in [0.5, 0.6) is 0 Å². The Bertz CT molecular complexity index is 330. The predicted octanol–water partition coefficient (Wildman–Crippen LogP) is 2.09. The number of rotatable bonds is 8. The van der Waals surface area contributed by atoms with Gasteiger partial charge >= 0.3 is 12.0 Å². The topological polar surface area (TPSA) is 78.9 Å². The van der Waals surface area contributed by atoms with E-state index < -0.39 is 11.9 Å². The van der Waals surface area contributed by atoms with Gasteiger partial charge in [0.25, 0.3) is 0 Å². The Labute approximate surface area is 126 Å². The van der Waals surface area contributed by atoms with Crippen molar-refractivity contribution >= 4 is 12.0 Å². The van der Waals surface area contributed by atoms with Crippen LogP contribution >= 0.6 is 0 Å². The zero-order valence-corrected chi connectivity index (χ0v) is 13.1. The summed E-state index contributed by atoms with van der Waals surface area (Å²) in [6.45, 7) is 3.02. The van der Waals surface area contributed by atoms with E-state index in [2.05, 4.69) is 5.32 Å². The predicted molar refractivity (Wildman–Crippen MR) is 80.3 cm³/mol. The Hall–Kier alpha value is -1.30. The first kappa shape index (κ1) is 17.8. The molecule has 0 radical (unpaired) electrons. The van der Waals surface area contributed by atoms with E-state index in [-0.39, 0.29) is 12.6 Å². The molecule has 2 amide bonds. The Morgan fingerprint density at radius 3 is 2.62 bits per heavy atom. The van der Waals surface area contributed by atoms with Crippen LogP contribution < -0.4 is 5.32 Å². The number of hydrogen-bond acceptors (Lipinski definition) is 3. The minimum atomic E-state index is -0.893. The van der Waals surface area contributed by atoms with Crippen LogP contribution in [0.2, 0.25) is 0 Å². The van der Waals surface area contributed by atoms with Gasteiger partial charge in [0.1, 0.15) is 0 Å². The second kappa shape index (κ2) is 9.60. The van der Waals surface area contributed by atoms with Gasteiger partial charge < -0.3 is 20.1 Å². The normalized spacial score (nSPS) is 17.2. The molecule has 0 aromatic heterocycles. The summed E-state index contributed by atoms with van der Waals surface area (Å²) in [5, 5.41) is 11.6. The maximum absolute atomic E-state index is 11.7. The lowest BCUT2D eigenvalue weighted by Gasteiger charge is -2.22. The van der Waals surface area contributed by atoms with Crippen molar-refractivity contribution in [2.24, 2.45) is 5.92 Å². The fourth-order valence-electron chi connectivity index (χ4n) is 2.46. The summed E-state index contributed by atoms with van der Waals surface area (Å²) in [6, 6.07) is -0.235. The molecular weight excluding hydrogens is 272 g/mol. The number of nitrogens with zero attached hydrogens (tertiary/aromatic N) is 1. The van der Waals surface area contributed by atoms with Crippen molar-refractivity contribution < 1.29 is 19.4 Å². The zero-order chi connectivity index (χ0) is 15.7. The minimum Gasteiger partial charge on any atom is -0.481 e. The van der Waals surface area contributed by atoms with E-state index >= 15 is 0 Å². The van der Waals surface area contributed by atoms with Gasteiger partial charge in [-0.2, -0.15) is 0 Å². The van der Waals surface area contributed by atoms with E-state index in [1.54, 1.807) is 14.0 Å². The Kier molecular flexibility index (Phi) is 8.12. The van der Waals surface area contributed by atoms with Crippen molar-refractivity contribution in [3.63, 3.8) is 0 Å². The standard InChI is InChI=1S/C15H28N2O4/c1-12(14(18)19)11-17(2)15(20)16-9-6-10-21-13-7-4-3-5-8-13/h12-13H,3-11H2,1-2H3,(H,16,20)(H,18,19). The van der Waals surface area contributed by atoms with E-state index in [0.717, 1.165) is 19.3 Å². The summed E-state index contributed by atoms with van der Waals surface area (Å²) in [6.07, 6.45) is 7.32. The molecule has 1 saturated carbocycles. The van der Waals surface area contributed by atoms with Crippen LogP contribution in [0.3, 0.4) is 0 Å². The largest absolute Gasteiger partial charge is 0.481 e. The molecule has 0 aliphatic heterocycles. The fraction of sp³-hybridized carbons (Fsp3) is 0.867. The Morgan fingerprint density at radius 1 is 1.33 bits per heavy atom. The molecule has 0 aromatic carbocycles. The first-order valence-electron chi connectivity index (χ1n) is 7.84. The number of carbonyl (C=O) groups is 2. The van der Waals surface area contributed by atoms with Gasteiger partial charge in [0.15, 0.2) is 0 Å². The summed E-state index contributed by atoms with van der Waals surface area (Å²) < 4.78 is 5.78. The van der Waals surface area contributed by atoms with Gasteiger partial charge in [-0.05, 0) is 19.3 Å². The van der Waals surface area contributed by atoms with Crippen LogP contribution in [0, 0.1) is 5.92 Å². The highest BCUT2D eigenvalue weighted by atomic mass is 16.5. The SMILES string of the molecule is CC(CN(C)C(=O)NCCCOC1CCCCC1)C(=O)O. The van der Waals surface area contributed by atoms with Gasteiger partial charge in [0.2, 0.25) is 0 Å². The number of amides is 2. The van der Waals surface area contributed by atoms with Crippen molar-refractivity contribution in [3.05, 3.63) is 0 Å². The fourth-order valence-corrected chi connectivity index (χ4v) is 2.46. The summed E-state index contributed by atoms with van der Waals surface area (Å²) in [5.41, 5.74) is 0. The molecule has 1 atom stereocenters. The van der Waals surface area contributed by atoms with Crippen LogP contribution in [0.15, 0.2) is 0 Å². The molecule has 21 heavy (non-hydrogen) atoms. The number of carboxylic acids is 1. The van der Waals surface area contributed by atoms with E-state index in [0.29, 0.717) is 19.3 Å². The number of carboxylic acid groups (broad SMARTS) is 1. The highest BCUT2D eigenvalue weighted by molar-refractivity contribution is 5.75. The smallest absolute Gasteiger partial charge is 0.317 e. The number of hydrogen-bond donors (Lipinski definition) is 2. The van der Waals surface area contributed by atoms with Crippen LogP contribution in [0.1, 0.15) is 45.4 Å². The monoisotopic (exact) mass is 300 g/mol. The molecular formula is C15H28N2O4. The number of aliphatic carboxylic acids is 1. The molecule has 1 unspecified atom stereocenters. The molecule has 1 fully saturated rings. The third-order valence-corrected chi connectivity index (χ3v) is 3.82. The van der Waals surface area contributed by atoms with E-state index in [1.165, 1.54) is 24.2 Å². The molecule has 0 heterocycles. The first-order chi connectivity index (χ1) is 10.0. The molecule has 6 nitrogen and oxygen atoms in total. The van der Waals surface area contributed by atoms with Gasteiger partial charge in [-0.1, -0.05) is 26.2 Å². The minimum absolute atomic E-state index is 0.208. The van der Waals surface area contributed by atoms with Crippen molar-refractivity contribution in [1.82, 2.24) is 10.2 Å². The second-order valence-electron chi connectivity index (χ2n) is 5.84. The second-order valence-corrected chi connectivity index (χ2v) is 5.84. The third-order valence-electron chi connectivity index (χ3n) is 3.82. The lowest BCUT2D eigenvalue weighted by molar-refractivity contribution is -0.141. The zero-order valence-electron chi connectivity index (χ0n) is 13.1. The van der Waals surface area contributed by atoms with Gasteiger partial charge in [-0.15, -0.1) is 0 Å². The molecule has 122 valence electrons. The lowest BCUT2D eigenvalue weighted by Crippen LogP contribution is -2.41. The lowest BCUT2D eigenvalue weighted by atomic mass is 9.98. The van der Waals surface area contributed by atoms with Gasteiger partial charge in [-0.3, -0.25) is 4.79 Å². The van der Waals surface area contributed by atoms with Gasteiger partial charge in [-0.25, -0.2) is 4.79 Å². The third kappa shape index (κ3) is 7.32. The van der Waals surface area contributed by atoms with Crippen molar-refractivity contribution in [3.8, 4) is 0 Å². The highest BCUT2D eigenvalue weighted by Gasteiger charge is 2.17. The maximum atomic E-state index is 11.7. The molecule has 1 aliphatic carbocycles. The number of ether oxygens (including phenoxy) is 1. The van der Waals surface area contributed by atoms with E-state index in [4.69, 9.17) is 9.84 Å². The number of nitrogens with one attached hydrogen (secondary N) is 1. The quantitative estimate of drug-likeness (QED) is 0.673. The van der Waals surface area contributed by atoms with Crippen LogP contribution in [0.4, 0.5) is 4.79 Å². The molecule has 6 heteroatoms. The summed E-state index contributed by atoms with van der Waals surface area (Å²) >= 11 is 0. The van der Waals surface area contributed by atoms with Crippen LogP contribution in [-0.2, 0) is 9.53 Å². The van der Waals surface area contributed by atoms with E-state index in [1.807, 2.05) is 0 Å². The van der Waals surface area contributed by atoms with Crippen LogP contribution in [-0.4, -0.2) is 54.9 Å². The summed E-state index contributed by atoms with van der Waals surface area (Å²) in [4.78, 5) is 23.9. The highest BCUT2D eigenvalue weighted by Crippen LogP contribution is 2.20. The molecule has 1 aliphatic rings.